The molecule has 0 fully saturated rings. The van der Waals surface area contributed by atoms with Gasteiger partial charge in [-0.1, -0.05) is 48.5 Å². The van der Waals surface area contributed by atoms with Crippen LogP contribution in [0.1, 0.15) is 0 Å². The maximum atomic E-state index is 4.84. The van der Waals surface area contributed by atoms with Crippen LogP contribution in [0.15, 0.2) is 103 Å². The van der Waals surface area contributed by atoms with Gasteiger partial charge >= 0.3 is 0 Å². The van der Waals surface area contributed by atoms with E-state index in [2.05, 4.69) is 66.7 Å². The Morgan fingerprint density at radius 3 is 1.72 bits per heavy atom. The molecule has 5 heteroatoms. The van der Waals surface area contributed by atoms with Crippen molar-refractivity contribution in [1.82, 2.24) is 24.2 Å². The van der Waals surface area contributed by atoms with Gasteiger partial charge in [0.05, 0.1) is 33.5 Å². The highest BCUT2D eigenvalue weighted by Crippen LogP contribution is 2.26. The second kappa shape index (κ2) is 6.49. The molecule has 32 heavy (non-hydrogen) atoms. The van der Waals surface area contributed by atoms with Crippen molar-refractivity contribution >= 4 is 32.8 Å². The van der Waals surface area contributed by atoms with E-state index in [4.69, 9.17) is 15.2 Å². The topological polar surface area (TPSA) is 47.5 Å². The van der Waals surface area contributed by atoms with Crippen LogP contribution < -0.4 is 0 Å². The highest BCUT2D eigenvalue weighted by atomic mass is 15.2. The number of hydrogen-bond acceptors (Lipinski definition) is 3. The summed E-state index contributed by atoms with van der Waals surface area (Å²) < 4.78 is 3.97. The maximum Gasteiger partial charge on any atom is 0.112 e. The zero-order valence-corrected chi connectivity index (χ0v) is 17.1. The molecule has 0 amide bonds. The Hall–Kier alpha value is -4.51. The number of benzene rings is 2. The van der Waals surface area contributed by atoms with E-state index in [1.807, 2.05) is 45.6 Å². The fourth-order valence-electron chi connectivity index (χ4n) is 4.37. The Morgan fingerprint density at radius 2 is 1.09 bits per heavy atom. The molecule has 0 spiro atoms. The van der Waals surface area contributed by atoms with Gasteiger partial charge in [-0.05, 0) is 48.5 Å². The van der Waals surface area contributed by atoms with Crippen molar-refractivity contribution in [3.8, 4) is 22.6 Å². The first-order chi connectivity index (χ1) is 15.8. The molecule has 2 aromatic carbocycles. The molecule has 150 valence electrons. The third-order valence-corrected chi connectivity index (χ3v) is 5.99. The maximum absolute atomic E-state index is 4.84. The summed E-state index contributed by atoms with van der Waals surface area (Å²) in [5.74, 6) is 0. The molecule has 0 atom stereocenters. The van der Waals surface area contributed by atoms with Crippen molar-refractivity contribution in [3.05, 3.63) is 103 Å². The molecule has 0 unspecified atom stereocenters. The minimum absolute atomic E-state index is 0.843. The number of para-hydroxylation sites is 2. The lowest BCUT2D eigenvalue weighted by atomic mass is 10.1. The Morgan fingerprint density at radius 1 is 0.500 bits per heavy atom. The van der Waals surface area contributed by atoms with Gasteiger partial charge < -0.3 is 0 Å². The Balaban J connectivity index is 1.30. The molecular formula is C27H17N5. The summed E-state index contributed by atoms with van der Waals surface area (Å²) in [5.41, 5.74) is 7.89. The molecule has 0 bridgehead atoms. The van der Waals surface area contributed by atoms with E-state index >= 15 is 0 Å². The summed E-state index contributed by atoms with van der Waals surface area (Å²) in [6.45, 7) is 0. The quantitative estimate of drug-likeness (QED) is 0.350. The minimum atomic E-state index is 0.843. The number of fused-ring (bicyclic) bond motifs is 6. The molecule has 0 aliphatic heterocycles. The van der Waals surface area contributed by atoms with Crippen molar-refractivity contribution in [3.63, 3.8) is 0 Å². The Kier molecular flexibility index (Phi) is 3.49. The average Bonchev–Trinajstić information content (AvgIpc) is 3.49. The van der Waals surface area contributed by atoms with Crippen LogP contribution in [0.25, 0.3) is 55.5 Å². The van der Waals surface area contributed by atoms with Crippen LogP contribution in [0.4, 0.5) is 0 Å². The summed E-state index contributed by atoms with van der Waals surface area (Å²) in [7, 11) is 0. The van der Waals surface area contributed by atoms with Gasteiger partial charge in [0.2, 0.25) is 0 Å². The van der Waals surface area contributed by atoms with Gasteiger partial charge in [0.15, 0.2) is 0 Å². The van der Waals surface area contributed by atoms with E-state index in [-0.39, 0.29) is 0 Å². The van der Waals surface area contributed by atoms with Crippen LogP contribution in [-0.2, 0) is 0 Å². The summed E-state index contributed by atoms with van der Waals surface area (Å²) in [6, 6.07) is 33.2. The third kappa shape index (κ3) is 2.55. The first kappa shape index (κ1) is 17.2. The fourth-order valence-corrected chi connectivity index (χ4v) is 4.37. The van der Waals surface area contributed by atoms with Crippen LogP contribution in [-0.4, -0.2) is 24.2 Å². The lowest BCUT2D eigenvalue weighted by Crippen LogP contribution is -1.91. The SMILES string of the molecule is c1ccc2c(c1)ccc1cc(-c3ccc(-c4cc5ccc6ccccc6n5n4)nc3)nn12. The van der Waals surface area contributed by atoms with E-state index in [1.165, 1.54) is 5.39 Å². The average molecular weight is 411 g/mol. The number of rotatable bonds is 2. The molecule has 0 saturated carbocycles. The molecule has 0 N–H and O–H groups in total. The Bertz CT molecular complexity index is 1640. The van der Waals surface area contributed by atoms with Gasteiger partial charge in [0, 0.05) is 22.5 Å². The standard InChI is InChI=1S/C27H17N5/c1-3-7-26-18(5-1)9-12-21-15-24(29-31(21)26)20-11-14-23(28-17-20)25-16-22-13-10-19-6-2-4-8-27(19)32(22)30-25/h1-17H. The second-order valence-electron chi connectivity index (χ2n) is 7.95. The molecule has 0 saturated heterocycles. The third-order valence-electron chi connectivity index (χ3n) is 5.99. The largest absolute Gasteiger partial charge is 0.254 e. The molecular weight excluding hydrogens is 394 g/mol. The van der Waals surface area contributed by atoms with Crippen molar-refractivity contribution in [2.75, 3.05) is 0 Å². The van der Waals surface area contributed by atoms with Gasteiger partial charge in [-0.25, -0.2) is 9.03 Å². The van der Waals surface area contributed by atoms with E-state index in [9.17, 15) is 0 Å². The van der Waals surface area contributed by atoms with Crippen molar-refractivity contribution in [2.24, 2.45) is 0 Å². The highest BCUT2D eigenvalue weighted by Gasteiger charge is 2.11. The van der Waals surface area contributed by atoms with Crippen LogP contribution in [0.2, 0.25) is 0 Å². The zero-order chi connectivity index (χ0) is 21.1. The van der Waals surface area contributed by atoms with Gasteiger partial charge in [-0.3, -0.25) is 4.98 Å². The molecule has 5 heterocycles. The summed E-state index contributed by atoms with van der Waals surface area (Å²) in [6.07, 6.45) is 1.88. The Labute approximate surface area is 183 Å². The number of aromatic nitrogens is 5. The molecule has 0 aliphatic carbocycles. The normalized spacial score (nSPS) is 11.8. The van der Waals surface area contributed by atoms with E-state index in [0.717, 1.165) is 50.1 Å². The van der Waals surface area contributed by atoms with Gasteiger partial charge in [0.25, 0.3) is 0 Å². The van der Waals surface area contributed by atoms with Gasteiger partial charge in [-0.2, -0.15) is 10.2 Å². The predicted octanol–water partition coefficient (Wildman–Crippen LogP) is 6.02. The predicted molar refractivity (Wildman–Crippen MR) is 128 cm³/mol. The van der Waals surface area contributed by atoms with Gasteiger partial charge in [0.1, 0.15) is 5.69 Å². The van der Waals surface area contributed by atoms with E-state index in [0.29, 0.717) is 0 Å². The smallest absolute Gasteiger partial charge is 0.112 e. The number of nitrogens with zero attached hydrogens (tertiary/aromatic N) is 5. The van der Waals surface area contributed by atoms with Crippen LogP contribution >= 0.6 is 0 Å². The summed E-state index contributed by atoms with van der Waals surface area (Å²) in [5, 5.41) is 12.0. The monoisotopic (exact) mass is 411 g/mol. The zero-order valence-electron chi connectivity index (χ0n) is 17.1. The van der Waals surface area contributed by atoms with Crippen molar-refractivity contribution in [1.29, 1.82) is 0 Å². The van der Waals surface area contributed by atoms with Crippen LogP contribution in [0.3, 0.4) is 0 Å². The first-order valence-electron chi connectivity index (χ1n) is 10.6. The van der Waals surface area contributed by atoms with E-state index < -0.39 is 0 Å². The molecule has 0 aliphatic rings. The molecule has 7 aromatic rings. The van der Waals surface area contributed by atoms with E-state index in [1.54, 1.807) is 0 Å². The minimum Gasteiger partial charge on any atom is -0.254 e. The first-order valence-corrected chi connectivity index (χ1v) is 10.6. The highest BCUT2D eigenvalue weighted by molar-refractivity contribution is 5.84. The second-order valence-corrected chi connectivity index (χ2v) is 7.95. The van der Waals surface area contributed by atoms with Crippen LogP contribution in [0, 0.1) is 0 Å². The molecule has 5 nitrogen and oxygen atoms in total. The van der Waals surface area contributed by atoms with Crippen molar-refractivity contribution in [2.45, 2.75) is 0 Å². The lowest BCUT2D eigenvalue weighted by Gasteiger charge is -2.01. The molecule has 7 rings (SSSR count). The van der Waals surface area contributed by atoms with Crippen molar-refractivity contribution < 1.29 is 0 Å². The lowest BCUT2D eigenvalue weighted by molar-refractivity contribution is 1.00. The number of hydrogen-bond donors (Lipinski definition) is 0. The van der Waals surface area contributed by atoms with Crippen LogP contribution in [0.5, 0.6) is 0 Å². The molecule has 0 radical (unpaired) electrons. The fraction of sp³-hybridized carbons (Fsp3) is 0. The number of pyridine rings is 3. The summed E-state index contributed by atoms with van der Waals surface area (Å²) in [4.78, 5) is 4.71. The molecule has 5 aromatic heterocycles. The summed E-state index contributed by atoms with van der Waals surface area (Å²) >= 11 is 0. The van der Waals surface area contributed by atoms with Gasteiger partial charge in [-0.15, -0.1) is 0 Å².